The molecule has 2 heterocycles. The van der Waals surface area contributed by atoms with Crippen LogP contribution in [-0.4, -0.2) is 9.97 Å². The van der Waals surface area contributed by atoms with Crippen LogP contribution in [0.5, 0.6) is 0 Å². The van der Waals surface area contributed by atoms with Crippen molar-refractivity contribution in [2.45, 2.75) is 20.6 Å². The Kier molecular flexibility index (Phi) is 6.45. The maximum absolute atomic E-state index is 7.50. The van der Waals surface area contributed by atoms with Gasteiger partial charge in [0, 0.05) is 40.7 Å². The molecule has 0 spiro atoms. The first-order valence-electron chi connectivity index (χ1n) is 13.5. The normalized spacial score (nSPS) is 13.3. The van der Waals surface area contributed by atoms with E-state index in [1.165, 1.54) is 18.5 Å². The fourth-order valence-corrected chi connectivity index (χ4v) is 3.26. The zero-order chi connectivity index (χ0) is 28.0. The summed E-state index contributed by atoms with van der Waals surface area (Å²) in [6.07, 6.45) is 2.96. The molecule has 0 atom stereocenters. The van der Waals surface area contributed by atoms with Crippen LogP contribution in [0.25, 0.3) is 33.6 Å². The third-order valence-electron chi connectivity index (χ3n) is 5.04. The van der Waals surface area contributed by atoms with Crippen LogP contribution >= 0.6 is 0 Å². The Morgan fingerprint density at radius 3 is 2.21 bits per heavy atom. The number of benzene rings is 3. The molecule has 2 nitrogen and oxygen atoms in total. The van der Waals surface area contributed by atoms with Crippen LogP contribution in [0.3, 0.4) is 0 Å². The molecule has 0 aliphatic heterocycles. The summed E-state index contributed by atoms with van der Waals surface area (Å²) < 4.78 is 44.6. The molecule has 0 fully saturated rings. The van der Waals surface area contributed by atoms with Crippen LogP contribution in [0.2, 0.25) is 0 Å². The summed E-state index contributed by atoms with van der Waals surface area (Å²) in [5.74, 6) is 0. The van der Waals surface area contributed by atoms with Gasteiger partial charge in [0.1, 0.15) is 0 Å². The Morgan fingerprint density at radius 1 is 0.676 bits per heavy atom. The zero-order valence-electron chi connectivity index (χ0n) is 24.5. The number of pyridine rings is 2. The van der Waals surface area contributed by atoms with Gasteiger partial charge in [0.25, 0.3) is 0 Å². The standard InChI is InChI=1S/C18H14N.C13H12N.Ir/c1-14-10-11-19-18(12-14)17-9-5-8-16(13-17)15-6-3-2-4-7-15;1-10-8-13(14-9-11(10)2)12-6-4-3-5-7-12;/h2-8,10-13H,1H3;3-6,8-9H,1-2H3;/q2*-1;/i1D3;2D3;. The first-order valence-corrected chi connectivity index (χ1v) is 10.5. The second kappa shape index (κ2) is 12.2. The Balaban J connectivity index is 0.000000222. The molecular formula is C31H26IrN2-2. The van der Waals surface area contributed by atoms with E-state index in [4.69, 9.17) is 8.22 Å². The molecule has 0 bridgehead atoms. The van der Waals surface area contributed by atoms with Crippen molar-refractivity contribution in [3.05, 3.63) is 132 Å². The van der Waals surface area contributed by atoms with Gasteiger partial charge in [-0.05, 0) is 49.2 Å². The molecule has 171 valence electrons. The van der Waals surface area contributed by atoms with Gasteiger partial charge in [-0.15, -0.1) is 71.3 Å². The van der Waals surface area contributed by atoms with Crippen LogP contribution in [0.4, 0.5) is 0 Å². The smallest absolute Gasteiger partial charge is 0.0280 e. The van der Waals surface area contributed by atoms with Crippen LogP contribution in [0.1, 0.15) is 24.9 Å². The Morgan fingerprint density at radius 2 is 1.47 bits per heavy atom. The van der Waals surface area contributed by atoms with E-state index in [1.54, 1.807) is 19.1 Å². The number of hydrogen-bond donors (Lipinski definition) is 0. The molecule has 0 aliphatic carbocycles. The van der Waals surface area contributed by atoms with E-state index in [0.717, 1.165) is 33.5 Å². The van der Waals surface area contributed by atoms with E-state index >= 15 is 0 Å². The molecule has 2 aromatic heterocycles. The summed E-state index contributed by atoms with van der Waals surface area (Å²) in [5, 5.41) is 0. The van der Waals surface area contributed by atoms with Gasteiger partial charge < -0.3 is 9.97 Å². The van der Waals surface area contributed by atoms with Gasteiger partial charge in [-0.3, -0.25) is 0 Å². The van der Waals surface area contributed by atoms with Crippen LogP contribution < -0.4 is 0 Å². The first-order chi connectivity index (χ1) is 18.5. The van der Waals surface area contributed by atoms with Crippen LogP contribution in [-0.2, 0) is 20.1 Å². The maximum atomic E-state index is 7.50. The van der Waals surface area contributed by atoms with Crippen molar-refractivity contribution in [3.63, 3.8) is 0 Å². The summed E-state index contributed by atoms with van der Waals surface area (Å²) >= 11 is 0. The van der Waals surface area contributed by atoms with Crippen molar-refractivity contribution in [2.24, 2.45) is 0 Å². The van der Waals surface area contributed by atoms with Crippen molar-refractivity contribution in [1.82, 2.24) is 9.97 Å². The van der Waals surface area contributed by atoms with E-state index < -0.39 is 13.7 Å². The fourth-order valence-electron chi connectivity index (χ4n) is 3.26. The minimum absolute atomic E-state index is 0. The molecule has 0 N–H and O–H groups in total. The van der Waals surface area contributed by atoms with Gasteiger partial charge in [0.15, 0.2) is 0 Å². The molecule has 34 heavy (non-hydrogen) atoms. The van der Waals surface area contributed by atoms with Gasteiger partial charge in [-0.25, -0.2) is 0 Å². The van der Waals surface area contributed by atoms with E-state index in [-0.39, 0.29) is 25.7 Å². The van der Waals surface area contributed by atoms with Gasteiger partial charge in [0.2, 0.25) is 0 Å². The molecule has 3 aromatic carbocycles. The summed E-state index contributed by atoms with van der Waals surface area (Å²) in [7, 11) is 0. The minimum atomic E-state index is -2.13. The summed E-state index contributed by atoms with van der Waals surface area (Å²) in [5.41, 5.74) is 6.49. The van der Waals surface area contributed by atoms with Crippen molar-refractivity contribution in [3.8, 4) is 33.6 Å². The molecule has 0 saturated carbocycles. The van der Waals surface area contributed by atoms with Crippen molar-refractivity contribution in [1.29, 1.82) is 0 Å². The van der Waals surface area contributed by atoms with Gasteiger partial charge in [-0.2, -0.15) is 0 Å². The predicted molar refractivity (Wildman–Crippen MR) is 137 cm³/mol. The summed E-state index contributed by atoms with van der Waals surface area (Å²) in [6, 6.07) is 34.4. The fraction of sp³-hybridized carbons (Fsp3) is 0.0968. The quantitative estimate of drug-likeness (QED) is 0.193. The van der Waals surface area contributed by atoms with Gasteiger partial charge in [-0.1, -0.05) is 53.6 Å². The molecule has 1 radical (unpaired) electrons. The first kappa shape index (κ1) is 18.0. The summed E-state index contributed by atoms with van der Waals surface area (Å²) in [4.78, 5) is 8.46. The largest absolute Gasteiger partial charge is 0.305 e. The Hall–Kier alpha value is -3.39. The average Bonchev–Trinajstić information content (AvgIpc) is 2.93. The van der Waals surface area contributed by atoms with Crippen LogP contribution in [0.15, 0.2) is 103 Å². The molecular weight excluding hydrogens is 593 g/mol. The van der Waals surface area contributed by atoms with E-state index in [1.807, 2.05) is 72.8 Å². The molecule has 3 heteroatoms. The number of aryl methyl sites for hydroxylation is 3. The van der Waals surface area contributed by atoms with Gasteiger partial charge >= 0.3 is 0 Å². The average molecular weight is 625 g/mol. The van der Waals surface area contributed by atoms with Crippen LogP contribution in [0, 0.1) is 32.8 Å². The van der Waals surface area contributed by atoms with E-state index in [9.17, 15) is 0 Å². The van der Waals surface area contributed by atoms with Crippen molar-refractivity contribution >= 4 is 0 Å². The van der Waals surface area contributed by atoms with E-state index in [2.05, 4.69) is 22.1 Å². The third-order valence-corrected chi connectivity index (χ3v) is 5.04. The molecule has 0 unspecified atom stereocenters. The molecule has 5 rings (SSSR count). The number of nitrogens with zero attached hydrogens (tertiary/aromatic N) is 2. The molecule has 5 aromatic rings. The second-order valence-electron chi connectivity index (χ2n) is 7.45. The number of hydrogen-bond acceptors (Lipinski definition) is 2. The molecule has 0 amide bonds. The zero-order valence-corrected chi connectivity index (χ0v) is 20.9. The SMILES string of the molecule is [2H]C([2H])([2H])c1ccnc(-c2[c-]ccc(-c3ccccc3)c2)c1.[2H]C([2H])([2H])c1cnc(-c2[c-]cccc2)cc1C.[Ir]. The number of aromatic nitrogens is 2. The Labute approximate surface area is 224 Å². The monoisotopic (exact) mass is 625 g/mol. The summed E-state index contributed by atoms with van der Waals surface area (Å²) in [6.45, 7) is -2.44. The van der Waals surface area contributed by atoms with Crippen molar-refractivity contribution in [2.75, 3.05) is 0 Å². The van der Waals surface area contributed by atoms with Gasteiger partial charge in [0.05, 0.1) is 0 Å². The molecule has 0 aliphatic rings. The topological polar surface area (TPSA) is 25.8 Å². The maximum Gasteiger partial charge on any atom is 0.0280 e. The number of rotatable bonds is 3. The second-order valence-corrected chi connectivity index (χ2v) is 7.45. The van der Waals surface area contributed by atoms with E-state index in [0.29, 0.717) is 11.3 Å². The minimum Gasteiger partial charge on any atom is -0.305 e. The predicted octanol–water partition coefficient (Wildman–Crippen LogP) is 7.69. The molecule has 0 saturated heterocycles. The third kappa shape index (κ3) is 6.57. The Bertz CT molecular complexity index is 1540. The van der Waals surface area contributed by atoms with Crippen molar-refractivity contribution < 1.29 is 28.3 Å².